The Kier molecular flexibility index (Phi) is 5.19. The minimum atomic E-state index is -4.31. The lowest BCUT2D eigenvalue weighted by Crippen LogP contribution is -2.06. The van der Waals surface area contributed by atoms with Gasteiger partial charge in [-0.15, -0.1) is 0 Å². The van der Waals surface area contributed by atoms with Crippen molar-refractivity contribution in [3.8, 4) is 0 Å². The summed E-state index contributed by atoms with van der Waals surface area (Å²) in [5.74, 6) is 0. The summed E-state index contributed by atoms with van der Waals surface area (Å²) in [7, 11) is 0. The van der Waals surface area contributed by atoms with Crippen LogP contribution < -0.4 is 5.73 Å². The fourth-order valence-electron chi connectivity index (χ4n) is 1.09. The quantitative estimate of drug-likeness (QED) is 0.713. The number of benzene rings is 1. The fraction of sp³-hybridized carbons (Fsp3) is 0.455. The SMILES string of the molecule is CC.CCc1cc(N)cc(C(F)(F)F)c1. The Morgan fingerprint density at radius 3 is 2.07 bits per heavy atom. The Balaban J connectivity index is 0.000000921. The van der Waals surface area contributed by atoms with Crippen molar-refractivity contribution in [1.82, 2.24) is 0 Å². The topological polar surface area (TPSA) is 26.0 Å². The molecule has 15 heavy (non-hydrogen) atoms. The molecule has 0 spiro atoms. The van der Waals surface area contributed by atoms with Gasteiger partial charge in [-0.2, -0.15) is 13.2 Å². The third-order valence-electron chi connectivity index (χ3n) is 1.75. The number of rotatable bonds is 1. The van der Waals surface area contributed by atoms with E-state index in [9.17, 15) is 13.2 Å². The van der Waals surface area contributed by atoms with Gasteiger partial charge in [0.1, 0.15) is 0 Å². The Bertz CT molecular complexity index is 305. The van der Waals surface area contributed by atoms with Crippen LogP contribution >= 0.6 is 0 Å². The molecule has 1 nitrogen and oxygen atoms in total. The highest BCUT2D eigenvalue weighted by molar-refractivity contribution is 5.45. The van der Waals surface area contributed by atoms with Crippen LogP contribution in [0.15, 0.2) is 18.2 Å². The van der Waals surface area contributed by atoms with Gasteiger partial charge < -0.3 is 5.73 Å². The number of nitrogen functional groups attached to an aromatic ring is 1. The Labute approximate surface area is 88.1 Å². The minimum Gasteiger partial charge on any atom is -0.399 e. The van der Waals surface area contributed by atoms with Crippen molar-refractivity contribution in [2.45, 2.75) is 33.4 Å². The van der Waals surface area contributed by atoms with Crippen LogP contribution in [-0.2, 0) is 12.6 Å². The van der Waals surface area contributed by atoms with E-state index < -0.39 is 11.7 Å². The molecule has 0 heterocycles. The smallest absolute Gasteiger partial charge is 0.399 e. The van der Waals surface area contributed by atoms with Crippen LogP contribution in [0.3, 0.4) is 0 Å². The van der Waals surface area contributed by atoms with E-state index in [0.29, 0.717) is 12.0 Å². The summed E-state index contributed by atoms with van der Waals surface area (Å²) >= 11 is 0. The lowest BCUT2D eigenvalue weighted by Gasteiger charge is -2.09. The average molecular weight is 219 g/mol. The van der Waals surface area contributed by atoms with Gasteiger partial charge in [-0.3, -0.25) is 0 Å². The van der Waals surface area contributed by atoms with Gasteiger partial charge in [0, 0.05) is 5.69 Å². The zero-order chi connectivity index (χ0) is 12.1. The molecule has 2 N–H and O–H groups in total. The number of alkyl halides is 3. The highest BCUT2D eigenvalue weighted by atomic mass is 19.4. The zero-order valence-corrected chi connectivity index (χ0v) is 9.15. The molecule has 0 aliphatic rings. The van der Waals surface area contributed by atoms with Crippen molar-refractivity contribution in [1.29, 1.82) is 0 Å². The molecule has 1 aromatic carbocycles. The Morgan fingerprint density at radius 2 is 1.67 bits per heavy atom. The third kappa shape index (κ3) is 4.23. The molecule has 0 unspecified atom stereocenters. The van der Waals surface area contributed by atoms with Gasteiger partial charge in [0.05, 0.1) is 5.56 Å². The van der Waals surface area contributed by atoms with E-state index in [1.54, 1.807) is 13.0 Å². The molecule has 0 saturated heterocycles. The molecular formula is C11H16F3N. The monoisotopic (exact) mass is 219 g/mol. The molecule has 0 saturated carbocycles. The third-order valence-corrected chi connectivity index (χ3v) is 1.75. The first kappa shape index (κ1) is 13.8. The summed E-state index contributed by atoms with van der Waals surface area (Å²) in [4.78, 5) is 0. The van der Waals surface area contributed by atoms with Crippen molar-refractivity contribution in [3.63, 3.8) is 0 Å². The predicted octanol–water partition coefficient (Wildman–Crippen LogP) is 3.88. The minimum absolute atomic E-state index is 0.159. The summed E-state index contributed by atoms with van der Waals surface area (Å²) in [5, 5.41) is 0. The van der Waals surface area contributed by atoms with E-state index in [4.69, 9.17) is 5.73 Å². The van der Waals surface area contributed by atoms with Gasteiger partial charge in [-0.05, 0) is 30.2 Å². The summed E-state index contributed by atoms with van der Waals surface area (Å²) < 4.78 is 36.7. The van der Waals surface area contributed by atoms with Gasteiger partial charge >= 0.3 is 6.18 Å². The van der Waals surface area contributed by atoms with Gasteiger partial charge in [0.2, 0.25) is 0 Å². The number of nitrogens with two attached hydrogens (primary N) is 1. The Hall–Kier alpha value is -1.19. The molecule has 0 fully saturated rings. The van der Waals surface area contributed by atoms with Crippen LogP contribution in [0.5, 0.6) is 0 Å². The second-order valence-electron chi connectivity index (χ2n) is 2.81. The van der Waals surface area contributed by atoms with Crippen LogP contribution in [0.25, 0.3) is 0 Å². The highest BCUT2D eigenvalue weighted by Gasteiger charge is 2.30. The number of hydrogen-bond donors (Lipinski definition) is 1. The molecule has 4 heteroatoms. The standard InChI is InChI=1S/C9H10F3N.C2H6/c1-2-6-3-7(9(10,11)12)5-8(13)4-6;1-2/h3-5H,2,13H2,1H3;1-2H3. The number of anilines is 1. The van der Waals surface area contributed by atoms with Crippen LogP contribution in [0.1, 0.15) is 31.9 Å². The lowest BCUT2D eigenvalue weighted by molar-refractivity contribution is -0.137. The zero-order valence-electron chi connectivity index (χ0n) is 9.15. The second kappa shape index (κ2) is 5.63. The number of halogens is 3. The second-order valence-corrected chi connectivity index (χ2v) is 2.81. The van der Waals surface area contributed by atoms with Gasteiger partial charge in [0.15, 0.2) is 0 Å². The van der Waals surface area contributed by atoms with E-state index in [1.165, 1.54) is 0 Å². The van der Waals surface area contributed by atoms with E-state index >= 15 is 0 Å². The van der Waals surface area contributed by atoms with E-state index in [2.05, 4.69) is 0 Å². The van der Waals surface area contributed by atoms with Crippen molar-refractivity contribution in [2.75, 3.05) is 5.73 Å². The van der Waals surface area contributed by atoms with Gasteiger partial charge in [-0.1, -0.05) is 20.8 Å². The Morgan fingerprint density at radius 1 is 1.13 bits per heavy atom. The summed E-state index contributed by atoms with van der Waals surface area (Å²) in [6, 6.07) is 3.62. The van der Waals surface area contributed by atoms with Crippen LogP contribution in [0.4, 0.5) is 18.9 Å². The first-order chi connectivity index (χ1) is 6.93. The van der Waals surface area contributed by atoms with Crippen molar-refractivity contribution >= 4 is 5.69 Å². The van der Waals surface area contributed by atoms with Crippen LogP contribution in [0, 0.1) is 0 Å². The molecule has 0 amide bonds. The molecule has 0 aliphatic carbocycles. The normalized spacial score (nSPS) is 10.5. The van der Waals surface area contributed by atoms with Crippen molar-refractivity contribution in [3.05, 3.63) is 29.3 Å². The molecule has 1 aromatic rings. The van der Waals surface area contributed by atoms with Gasteiger partial charge in [0.25, 0.3) is 0 Å². The maximum absolute atomic E-state index is 12.2. The van der Waals surface area contributed by atoms with Gasteiger partial charge in [-0.25, -0.2) is 0 Å². The molecule has 0 aromatic heterocycles. The van der Waals surface area contributed by atoms with Crippen LogP contribution in [-0.4, -0.2) is 0 Å². The number of hydrogen-bond acceptors (Lipinski definition) is 1. The summed E-state index contributed by atoms with van der Waals surface area (Å²) in [5.41, 5.74) is 5.42. The molecule has 0 bridgehead atoms. The summed E-state index contributed by atoms with van der Waals surface area (Å²) in [6.45, 7) is 5.79. The fourth-order valence-corrected chi connectivity index (χ4v) is 1.09. The maximum atomic E-state index is 12.2. The van der Waals surface area contributed by atoms with Crippen molar-refractivity contribution in [2.24, 2.45) is 0 Å². The highest BCUT2D eigenvalue weighted by Crippen LogP contribution is 2.31. The lowest BCUT2D eigenvalue weighted by atomic mass is 10.1. The molecule has 0 radical (unpaired) electrons. The maximum Gasteiger partial charge on any atom is 0.416 e. The largest absolute Gasteiger partial charge is 0.416 e. The van der Waals surface area contributed by atoms with E-state index in [-0.39, 0.29) is 5.69 Å². The first-order valence-corrected chi connectivity index (χ1v) is 4.90. The number of aryl methyl sites for hydroxylation is 1. The molecule has 0 aliphatic heterocycles. The molecule has 0 atom stereocenters. The average Bonchev–Trinajstić information content (AvgIpc) is 2.18. The molecule has 1 rings (SSSR count). The predicted molar refractivity (Wildman–Crippen MR) is 56.6 cm³/mol. The van der Waals surface area contributed by atoms with E-state index in [0.717, 1.165) is 12.1 Å². The van der Waals surface area contributed by atoms with E-state index in [1.807, 2.05) is 13.8 Å². The van der Waals surface area contributed by atoms with Crippen molar-refractivity contribution < 1.29 is 13.2 Å². The summed E-state index contributed by atoms with van der Waals surface area (Å²) in [6.07, 6.45) is -3.76. The molecular weight excluding hydrogens is 203 g/mol. The molecule has 86 valence electrons. The van der Waals surface area contributed by atoms with Crippen LogP contribution in [0.2, 0.25) is 0 Å². The first-order valence-electron chi connectivity index (χ1n) is 4.90.